The lowest BCUT2D eigenvalue weighted by Crippen LogP contribution is -2.39. The number of fused-ring (bicyclic) bond motifs is 1. The van der Waals surface area contributed by atoms with Crippen LogP contribution in [0.25, 0.3) is 0 Å². The summed E-state index contributed by atoms with van der Waals surface area (Å²) in [7, 11) is 0. The van der Waals surface area contributed by atoms with E-state index in [9.17, 15) is 9.59 Å². The maximum atomic E-state index is 12.2. The molecule has 152 valence electrons. The second-order valence-electron chi connectivity index (χ2n) is 6.67. The van der Waals surface area contributed by atoms with Gasteiger partial charge in [0.05, 0.1) is 13.2 Å². The van der Waals surface area contributed by atoms with Gasteiger partial charge in [0.15, 0.2) is 18.1 Å². The summed E-state index contributed by atoms with van der Waals surface area (Å²) >= 11 is 0. The number of morpholine rings is 1. The van der Waals surface area contributed by atoms with E-state index in [-0.39, 0.29) is 6.61 Å². The summed E-state index contributed by atoms with van der Waals surface area (Å²) in [5.41, 5.74) is 1.71. The Morgan fingerprint density at radius 3 is 2.52 bits per heavy atom. The number of hydrogen-bond donors (Lipinski definition) is 1. The lowest BCUT2D eigenvalue weighted by molar-refractivity contribution is -0.156. The summed E-state index contributed by atoms with van der Waals surface area (Å²) in [6.07, 6.45) is -0.898. The Hall–Kier alpha value is -3.26. The number of carbonyl (C=O) groups excluding carboxylic acids is 2. The third-order valence-corrected chi connectivity index (χ3v) is 4.64. The minimum absolute atomic E-state index is 0.0421. The minimum atomic E-state index is -0.898. The van der Waals surface area contributed by atoms with E-state index in [1.54, 1.807) is 18.2 Å². The van der Waals surface area contributed by atoms with Crippen LogP contribution in [-0.2, 0) is 19.1 Å². The first-order chi connectivity index (χ1) is 14.2. The molecule has 2 aliphatic heterocycles. The van der Waals surface area contributed by atoms with Crippen molar-refractivity contribution >= 4 is 23.3 Å². The average molecular weight is 398 g/mol. The summed E-state index contributed by atoms with van der Waals surface area (Å²) < 4.78 is 21.5. The molecule has 2 heterocycles. The van der Waals surface area contributed by atoms with Gasteiger partial charge in [-0.05, 0) is 36.4 Å². The SMILES string of the molecule is O=C(COC(=O)C1COc2ccccc2O1)Nc1ccc(N2CCOCC2)cc1. The molecule has 0 aromatic heterocycles. The monoisotopic (exact) mass is 398 g/mol. The maximum absolute atomic E-state index is 12.2. The molecule has 29 heavy (non-hydrogen) atoms. The number of esters is 1. The van der Waals surface area contributed by atoms with E-state index in [1.165, 1.54) is 0 Å². The molecule has 8 heteroatoms. The van der Waals surface area contributed by atoms with Crippen molar-refractivity contribution in [2.75, 3.05) is 49.7 Å². The van der Waals surface area contributed by atoms with Crippen molar-refractivity contribution in [3.05, 3.63) is 48.5 Å². The van der Waals surface area contributed by atoms with E-state index in [2.05, 4.69) is 10.2 Å². The zero-order valence-electron chi connectivity index (χ0n) is 15.8. The Morgan fingerprint density at radius 1 is 1.03 bits per heavy atom. The van der Waals surface area contributed by atoms with Gasteiger partial charge in [0.25, 0.3) is 5.91 Å². The fraction of sp³-hybridized carbons (Fsp3) is 0.333. The first-order valence-corrected chi connectivity index (χ1v) is 9.47. The van der Waals surface area contributed by atoms with E-state index in [1.807, 2.05) is 30.3 Å². The number of ether oxygens (including phenoxy) is 4. The highest BCUT2D eigenvalue weighted by Gasteiger charge is 2.29. The molecule has 2 aromatic carbocycles. The van der Waals surface area contributed by atoms with Gasteiger partial charge >= 0.3 is 5.97 Å². The molecular weight excluding hydrogens is 376 g/mol. The summed E-state index contributed by atoms with van der Waals surface area (Å²) in [4.78, 5) is 26.5. The van der Waals surface area contributed by atoms with Crippen LogP contribution in [0.4, 0.5) is 11.4 Å². The van der Waals surface area contributed by atoms with Gasteiger partial charge in [0.2, 0.25) is 6.10 Å². The molecule has 2 aliphatic rings. The van der Waals surface area contributed by atoms with Crippen LogP contribution in [-0.4, -0.2) is 57.5 Å². The fourth-order valence-electron chi connectivity index (χ4n) is 3.14. The first-order valence-electron chi connectivity index (χ1n) is 9.47. The second-order valence-corrected chi connectivity index (χ2v) is 6.67. The van der Waals surface area contributed by atoms with Crippen LogP contribution >= 0.6 is 0 Å². The van der Waals surface area contributed by atoms with Gasteiger partial charge in [-0.25, -0.2) is 4.79 Å². The first kappa shape index (κ1) is 19.1. The largest absolute Gasteiger partial charge is 0.485 e. The summed E-state index contributed by atoms with van der Waals surface area (Å²) in [6.45, 7) is 2.76. The van der Waals surface area contributed by atoms with Gasteiger partial charge in [-0.1, -0.05) is 12.1 Å². The van der Waals surface area contributed by atoms with Crippen molar-refractivity contribution in [1.82, 2.24) is 0 Å². The highest BCUT2D eigenvalue weighted by Crippen LogP contribution is 2.31. The van der Waals surface area contributed by atoms with E-state index >= 15 is 0 Å². The number of nitrogens with one attached hydrogen (secondary N) is 1. The lowest BCUT2D eigenvalue weighted by atomic mass is 10.2. The highest BCUT2D eigenvalue weighted by atomic mass is 16.6. The molecular formula is C21H22N2O6. The number of hydrogen-bond acceptors (Lipinski definition) is 7. The number of benzene rings is 2. The van der Waals surface area contributed by atoms with Crippen molar-refractivity contribution in [3.8, 4) is 11.5 Å². The van der Waals surface area contributed by atoms with Crippen molar-refractivity contribution in [2.45, 2.75) is 6.10 Å². The van der Waals surface area contributed by atoms with Crippen LogP contribution in [0.5, 0.6) is 11.5 Å². The van der Waals surface area contributed by atoms with Crippen molar-refractivity contribution < 1.29 is 28.5 Å². The van der Waals surface area contributed by atoms with Gasteiger partial charge in [-0.2, -0.15) is 0 Å². The molecule has 1 unspecified atom stereocenters. The summed E-state index contributed by atoms with van der Waals surface area (Å²) in [5.74, 6) is -0.00718. The zero-order valence-corrected chi connectivity index (χ0v) is 15.8. The molecule has 1 saturated heterocycles. The van der Waals surface area contributed by atoms with Crippen LogP contribution in [0.1, 0.15) is 0 Å². The van der Waals surface area contributed by atoms with E-state index in [0.29, 0.717) is 30.4 Å². The number of amides is 1. The van der Waals surface area contributed by atoms with Crippen LogP contribution in [0.15, 0.2) is 48.5 Å². The number of nitrogens with zero attached hydrogens (tertiary/aromatic N) is 1. The average Bonchev–Trinajstić information content (AvgIpc) is 2.78. The number of rotatable bonds is 5. The fourth-order valence-corrected chi connectivity index (χ4v) is 3.14. The zero-order chi connectivity index (χ0) is 20.1. The van der Waals surface area contributed by atoms with Crippen molar-refractivity contribution in [2.24, 2.45) is 0 Å². The predicted molar refractivity (Wildman–Crippen MR) is 105 cm³/mol. The molecule has 0 bridgehead atoms. The molecule has 1 atom stereocenters. The van der Waals surface area contributed by atoms with E-state index < -0.39 is 24.6 Å². The van der Waals surface area contributed by atoms with Crippen LogP contribution in [0.2, 0.25) is 0 Å². The van der Waals surface area contributed by atoms with Crippen LogP contribution in [0.3, 0.4) is 0 Å². The quantitative estimate of drug-likeness (QED) is 0.769. The second kappa shape index (κ2) is 8.83. The predicted octanol–water partition coefficient (Wildman–Crippen LogP) is 1.84. The summed E-state index contributed by atoms with van der Waals surface area (Å²) in [5, 5.41) is 2.71. The summed E-state index contributed by atoms with van der Waals surface area (Å²) in [6, 6.07) is 14.6. The molecule has 0 aliphatic carbocycles. The topological polar surface area (TPSA) is 86.3 Å². The highest BCUT2D eigenvalue weighted by molar-refractivity contribution is 5.93. The maximum Gasteiger partial charge on any atom is 0.351 e. The van der Waals surface area contributed by atoms with E-state index in [4.69, 9.17) is 18.9 Å². The third-order valence-electron chi connectivity index (χ3n) is 4.64. The molecule has 0 spiro atoms. The Bertz CT molecular complexity index is 864. The standard InChI is InChI=1S/C21H22N2O6/c24-20(22-15-5-7-16(8-6-15)23-9-11-26-12-10-23)14-28-21(25)19-13-27-17-3-1-2-4-18(17)29-19/h1-8,19H,9-14H2,(H,22,24). The van der Waals surface area contributed by atoms with Gasteiger partial charge < -0.3 is 29.2 Å². The Balaban J connectivity index is 1.24. The molecule has 8 nitrogen and oxygen atoms in total. The van der Waals surface area contributed by atoms with Gasteiger partial charge in [-0.3, -0.25) is 4.79 Å². The molecule has 4 rings (SSSR count). The van der Waals surface area contributed by atoms with Gasteiger partial charge in [0.1, 0.15) is 6.61 Å². The van der Waals surface area contributed by atoms with Crippen molar-refractivity contribution in [3.63, 3.8) is 0 Å². The molecule has 0 radical (unpaired) electrons. The number of para-hydroxylation sites is 2. The van der Waals surface area contributed by atoms with Crippen LogP contribution < -0.4 is 19.7 Å². The minimum Gasteiger partial charge on any atom is -0.485 e. The molecule has 2 aromatic rings. The molecule has 1 fully saturated rings. The van der Waals surface area contributed by atoms with Gasteiger partial charge in [0, 0.05) is 24.5 Å². The molecule has 0 saturated carbocycles. The van der Waals surface area contributed by atoms with E-state index in [0.717, 1.165) is 18.8 Å². The normalized spacial score (nSPS) is 18.1. The Labute approximate surface area is 168 Å². The molecule has 1 N–H and O–H groups in total. The number of anilines is 2. The van der Waals surface area contributed by atoms with Crippen molar-refractivity contribution in [1.29, 1.82) is 0 Å². The van der Waals surface area contributed by atoms with Crippen LogP contribution in [0, 0.1) is 0 Å². The Morgan fingerprint density at radius 2 is 1.76 bits per heavy atom. The Kier molecular flexibility index (Phi) is 5.81. The number of carbonyl (C=O) groups is 2. The molecule has 1 amide bonds. The smallest absolute Gasteiger partial charge is 0.351 e. The third kappa shape index (κ3) is 4.78. The lowest BCUT2D eigenvalue weighted by Gasteiger charge is -2.28. The van der Waals surface area contributed by atoms with Gasteiger partial charge in [-0.15, -0.1) is 0 Å².